The largest absolute Gasteiger partial charge is 0.490 e. The van der Waals surface area contributed by atoms with E-state index in [2.05, 4.69) is 5.32 Å². The number of aryl methyl sites for hydroxylation is 1. The van der Waals surface area contributed by atoms with E-state index in [9.17, 15) is 14.0 Å². The van der Waals surface area contributed by atoms with Crippen molar-refractivity contribution in [3.8, 4) is 11.5 Å². The summed E-state index contributed by atoms with van der Waals surface area (Å²) in [5.41, 5.74) is 2.64. The maximum atomic E-state index is 13.7. The summed E-state index contributed by atoms with van der Waals surface area (Å²) in [4.78, 5) is 28.6. The molecule has 0 bridgehead atoms. The van der Waals surface area contributed by atoms with Crippen LogP contribution in [0.3, 0.4) is 0 Å². The second kappa shape index (κ2) is 14.8. The molecule has 0 aromatic heterocycles. The van der Waals surface area contributed by atoms with Crippen molar-refractivity contribution in [2.24, 2.45) is 0 Å². The molecule has 1 unspecified atom stereocenters. The minimum absolute atomic E-state index is 0.159. The number of carbonyl (C=O) groups is 2. The topological polar surface area (TPSA) is 67.9 Å². The number of rotatable bonds is 14. The smallest absolute Gasteiger partial charge is 0.243 e. The van der Waals surface area contributed by atoms with E-state index < -0.39 is 6.04 Å². The first-order chi connectivity index (χ1) is 18.4. The molecule has 0 radical (unpaired) electrons. The highest BCUT2D eigenvalue weighted by Crippen LogP contribution is 2.29. The van der Waals surface area contributed by atoms with Crippen LogP contribution in [0.15, 0.2) is 72.8 Å². The van der Waals surface area contributed by atoms with Gasteiger partial charge in [-0.25, -0.2) is 4.39 Å². The van der Waals surface area contributed by atoms with Crippen LogP contribution in [0.1, 0.15) is 43.9 Å². The Hall–Kier alpha value is -3.87. The van der Waals surface area contributed by atoms with Crippen molar-refractivity contribution >= 4 is 11.8 Å². The molecule has 0 spiro atoms. The molecule has 1 N–H and O–H groups in total. The molecule has 0 aliphatic heterocycles. The minimum Gasteiger partial charge on any atom is -0.490 e. The highest BCUT2D eigenvalue weighted by atomic mass is 19.1. The predicted octanol–water partition coefficient (Wildman–Crippen LogP) is 5.33. The van der Waals surface area contributed by atoms with E-state index >= 15 is 0 Å². The quantitative estimate of drug-likeness (QED) is 0.312. The molecule has 38 heavy (non-hydrogen) atoms. The monoisotopic (exact) mass is 520 g/mol. The van der Waals surface area contributed by atoms with Crippen molar-refractivity contribution in [3.63, 3.8) is 0 Å². The predicted molar refractivity (Wildman–Crippen MR) is 147 cm³/mol. The van der Waals surface area contributed by atoms with Crippen molar-refractivity contribution in [2.45, 2.75) is 52.6 Å². The number of carbonyl (C=O) groups excluding carboxylic acids is 2. The summed E-state index contributed by atoms with van der Waals surface area (Å²) >= 11 is 0. The number of nitrogens with one attached hydrogen (secondary N) is 1. The molecule has 2 amide bonds. The van der Waals surface area contributed by atoms with E-state index in [1.807, 2.05) is 69.3 Å². The standard InChI is InChI=1S/C31H37FN2O4/c1-4-33-31(36)27(20-23-10-8-7-9-11-23)34(22-25-12-16-26(32)17-13-25)30(35)19-15-24-14-18-28(37-5-2)29(21-24)38-6-3/h7-14,16-18,21,27H,4-6,15,19-20,22H2,1-3H3,(H,33,36). The zero-order valence-electron chi connectivity index (χ0n) is 22.4. The zero-order valence-corrected chi connectivity index (χ0v) is 22.4. The van der Waals surface area contributed by atoms with Gasteiger partial charge in [0.25, 0.3) is 0 Å². The zero-order chi connectivity index (χ0) is 27.3. The van der Waals surface area contributed by atoms with Crippen LogP contribution in [-0.4, -0.2) is 42.5 Å². The molecular formula is C31H37FN2O4. The van der Waals surface area contributed by atoms with Gasteiger partial charge in [-0.05, 0) is 68.1 Å². The Balaban J connectivity index is 1.87. The van der Waals surface area contributed by atoms with E-state index in [1.165, 1.54) is 12.1 Å². The summed E-state index contributed by atoms with van der Waals surface area (Å²) in [7, 11) is 0. The number of hydrogen-bond acceptors (Lipinski definition) is 4. The number of amides is 2. The number of ether oxygens (including phenoxy) is 2. The van der Waals surface area contributed by atoms with Crippen molar-refractivity contribution < 1.29 is 23.5 Å². The number of likely N-dealkylation sites (N-methyl/N-ethyl adjacent to an activating group) is 1. The van der Waals surface area contributed by atoms with Crippen LogP contribution in [0.2, 0.25) is 0 Å². The summed E-state index contributed by atoms with van der Waals surface area (Å²) < 4.78 is 24.9. The van der Waals surface area contributed by atoms with Gasteiger partial charge >= 0.3 is 0 Å². The van der Waals surface area contributed by atoms with Gasteiger partial charge in [-0.15, -0.1) is 0 Å². The van der Waals surface area contributed by atoms with E-state index in [1.54, 1.807) is 17.0 Å². The summed E-state index contributed by atoms with van der Waals surface area (Å²) in [5, 5.41) is 2.89. The second-order valence-electron chi connectivity index (χ2n) is 8.90. The molecule has 0 heterocycles. The summed E-state index contributed by atoms with van der Waals surface area (Å²) in [6, 6.07) is 20.6. The van der Waals surface area contributed by atoms with Crippen LogP contribution in [0.25, 0.3) is 0 Å². The third-order valence-electron chi connectivity index (χ3n) is 6.12. The average molecular weight is 521 g/mol. The molecule has 0 saturated heterocycles. The van der Waals surface area contributed by atoms with Gasteiger partial charge in [-0.2, -0.15) is 0 Å². The second-order valence-corrected chi connectivity index (χ2v) is 8.90. The molecule has 3 aromatic rings. The third kappa shape index (κ3) is 8.33. The molecule has 202 valence electrons. The first kappa shape index (κ1) is 28.7. The maximum absolute atomic E-state index is 13.7. The van der Waals surface area contributed by atoms with Gasteiger partial charge in [0, 0.05) is 25.9 Å². The molecule has 7 heteroatoms. The molecule has 0 saturated carbocycles. The molecular weight excluding hydrogens is 483 g/mol. The third-order valence-corrected chi connectivity index (χ3v) is 6.12. The lowest BCUT2D eigenvalue weighted by atomic mass is 10.0. The van der Waals surface area contributed by atoms with Crippen LogP contribution in [-0.2, 0) is 29.0 Å². The fourth-order valence-corrected chi connectivity index (χ4v) is 4.28. The number of hydrogen-bond donors (Lipinski definition) is 1. The highest BCUT2D eigenvalue weighted by molar-refractivity contribution is 5.88. The molecule has 0 aliphatic carbocycles. The van der Waals surface area contributed by atoms with Crippen LogP contribution in [0.4, 0.5) is 4.39 Å². The molecule has 1 atom stereocenters. The fraction of sp³-hybridized carbons (Fsp3) is 0.355. The van der Waals surface area contributed by atoms with E-state index in [-0.39, 0.29) is 30.6 Å². The van der Waals surface area contributed by atoms with Gasteiger partial charge in [-0.3, -0.25) is 9.59 Å². The van der Waals surface area contributed by atoms with Crippen LogP contribution >= 0.6 is 0 Å². The summed E-state index contributed by atoms with van der Waals surface area (Å²) in [6.07, 6.45) is 1.04. The van der Waals surface area contributed by atoms with Crippen LogP contribution < -0.4 is 14.8 Å². The number of halogens is 1. The normalized spacial score (nSPS) is 11.5. The van der Waals surface area contributed by atoms with Crippen LogP contribution in [0.5, 0.6) is 11.5 Å². The van der Waals surface area contributed by atoms with Gasteiger partial charge in [0.05, 0.1) is 13.2 Å². The Labute approximate surface area is 224 Å². The molecule has 6 nitrogen and oxygen atoms in total. The number of nitrogens with zero attached hydrogens (tertiary/aromatic N) is 1. The van der Waals surface area contributed by atoms with Crippen LogP contribution in [0, 0.1) is 5.82 Å². The minimum atomic E-state index is -0.714. The van der Waals surface area contributed by atoms with Crippen molar-refractivity contribution in [1.29, 1.82) is 0 Å². The SMILES string of the molecule is CCNC(=O)C(Cc1ccccc1)N(Cc1ccc(F)cc1)C(=O)CCc1ccc(OCC)c(OCC)c1. The Morgan fingerprint density at radius 3 is 2.16 bits per heavy atom. The van der Waals surface area contributed by atoms with Gasteiger partial charge < -0.3 is 19.7 Å². The van der Waals surface area contributed by atoms with E-state index in [4.69, 9.17) is 9.47 Å². The van der Waals surface area contributed by atoms with Gasteiger partial charge in [0.15, 0.2) is 11.5 Å². The van der Waals surface area contributed by atoms with Gasteiger partial charge in [0.1, 0.15) is 11.9 Å². The Bertz CT molecular complexity index is 1170. The van der Waals surface area contributed by atoms with E-state index in [0.717, 1.165) is 16.7 Å². The Kier molecular flexibility index (Phi) is 11.1. The molecule has 0 fully saturated rings. The average Bonchev–Trinajstić information content (AvgIpc) is 2.92. The lowest BCUT2D eigenvalue weighted by Crippen LogP contribution is -2.50. The first-order valence-electron chi connectivity index (χ1n) is 13.2. The summed E-state index contributed by atoms with van der Waals surface area (Å²) in [5.74, 6) is 0.588. The number of benzene rings is 3. The van der Waals surface area contributed by atoms with Crippen molar-refractivity contribution in [1.82, 2.24) is 10.2 Å². The molecule has 3 rings (SSSR count). The highest BCUT2D eigenvalue weighted by Gasteiger charge is 2.30. The Morgan fingerprint density at radius 1 is 0.842 bits per heavy atom. The van der Waals surface area contributed by atoms with Gasteiger partial charge in [-0.1, -0.05) is 48.5 Å². The van der Waals surface area contributed by atoms with Crippen molar-refractivity contribution in [3.05, 3.63) is 95.3 Å². The molecule has 3 aromatic carbocycles. The Morgan fingerprint density at radius 2 is 1.50 bits per heavy atom. The molecule has 0 aliphatic rings. The first-order valence-corrected chi connectivity index (χ1v) is 13.2. The van der Waals surface area contributed by atoms with E-state index in [0.29, 0.717) is 44.1 Å². The fourth-order valence-electron chi connectivity index (χ4n) is 4.28. The summed E-state index contributed by atoms with van der Waals surface area (Å²) in [6.45, 7) is 7.36. The van der Waals surface area contributed by atoms with Crippen molar-refractivity contribution in [2.75, 3.05) is 19.8 Å². The van der Waals surface area contributed by atoms with Gasteiger partial charge in [0.2, 0.25) is 11.8 Å². The lowest BCUT2D eigenvalue weighted by molar-refractivity contribution is -0.141. The lowest BCUT2D eigenvalue weighted by Gasteiger charge is -2.31. The maximum Gasteiger partial charge on any atom is 0.243 e.